The van der Waals surface area contributed by atoms with E-state index in [-0.39, 0.29) is 6.04 Å². The molecule has 19 heavy (non-hydrogen) atoms. The van der Waals surface area contributed by atoms with Crippen molar-refractivity contribution in [2.75, 3.05) is 13.7 Å². The predicted octanol–water partition coefficient (Wildman–Crippen LogP) is 2.81. The second-order valence-corrected chi connectivity index (χ2v) is 4.13. The van der Waals surface area contributed by atoms with Gasteiger partial charge in [-0.2, -0.15) is 4.98 Å². The summed E-state index contributed by atoms with van der Waals surface area (Å²) in [5, 5.41) is 7.19. The van der Waals surface area contributed by atoms with Gasteiger partial charge in [-0.05, 0) is 32.5 Å². The SMILES string of the molecule is CCOc1ccccc1-c1noc(C(CC)NC)n1. The summed E-state index contributed by atoms with van der Waals surface area (Å²) in [6.07, 6.45) is 0.894. The molecule has 0 saturated carbocycles. The van der Waals surface area contributed by atoms with E-state index >= 15 is 0 Å². The van der Waals surface area contributed by atoms with Crippen molar-refractivity contribution in [3.05, 3.63) is 30.2 Å². The number of nitrogens with one attached hydrogen (secondary N) is 1. The largest absolute Gasteiger partial charge is 0.493 e. The van der Waals surface area contributed by atoms with Gasteiger partial charge in [-0.15, -0.1) is 0 Å². The molecule has 1 unspecified atom stereocenters. The molecule has 0 saturated heterocycles. The van der Waals surface area contributed by atoms with E-state index in [0.717, 1.165) is 17.7 Å². The molecule has 2 rings (SSSR count). The first kappa shape index (κ1) is 13.5. The molecular formula is C14H19N3O2. The Kier molecular flexibility index (Phi) is 4.52. The van der Waals surface area contributed by atoms with Crippen molar-refractivity contribution in [1.29, 1.82) is 0 Å². The quantitative estimate of drug-likeness (QED) is 0.866. The minimum atomic E-state index is 0.0838. The van der Waals surface area contributed by atoms with Crippen molar-refractivity contribution < 1.29 is 9.26 Å². The molecule has 1 N–H and O–H groups in total. The number of rotatable bonds is 6. The van der Waals surface area contributed by atoms with Crippen molar-refractivity contribution in [2.24, 2.45) is 0 Å². The maximum absolute atomic E-state index is 5.58. The molecule has 2 aromatic rings. The lowest BCUT2D eigenvalue weighted by atomic mass is 10.2. The van der Waals surface area contributed by atoms with Crippen LogP contribution in [0.3, 0.4) is 0 Å². The Morgan fingerprint density at radius 2 is 2.11 bits per heavy atom. The van der Waals surface area contributed by atoms with Gasteiger partial charge in [0.05, 0.1) is 18.2 Å². The third kappa shape index (κ3) is 2.93. The van der Waals surface area contributed by atoms with E-state index in [2.05, 4.69) is 22.4 Å². The Hall–Kier alpha value is -1.88. The number of ether oxygens (including phenoxy) is 1. The summed E-state index contributed by atoms with van der Waals surface area (Å²) < 4.78 is 10.9. The van der Waals surface area contributed by atoms with Crippen LogP contribution < -0.4 is 10.1 Å². The smallest absolute Gasteiger partial charge is 0.244 e. The molecule has 1 atom stereocenters. The minimum absolute atomic E-state index is 0.0838. The molecule has 102 valence electrons. The number of hydrogen-bond donors (Lipinski definition) is 1. The van der Waals surface area contributed by atoms with Crippen molar-refractivity contribution in [1.82, 2.24) is 15.5 Å². The summed E-state index contributed by atoms with van der Waals surface area (Å²) in [6.45, 7) is 4.63. The van der Waals surface area contributed by atoms with Crippen molar-refractivity contribution >= 4 is 0 Å². The van der Waals surface area contributed by atoms with Crippen LogP contribution in [0.4, 0.5) is 0 Å². The highest BCUT2D eigenvalue weighted by Gasteiger charge is 2.17. The molecule has 5 nitrogen and oxygen atoms in total. The van der Waals surface area contributed by atoms with Gasteiger partial charge in [-0.25, -0.2) is 0 Å². The summed E-state index contributed by atoms with van der Waals surface area (Å²) in [4.78, 5) is 4.45. The third-order valence-electron chi connectivity index (χ3n) is 2.92. The molecule has 0 aliphatic heterocycles. The molecule has 1 heterocycles. The first-order chi connectivity index (χ1) is 9.30. The highest BCUT2D eigenvalue weighted by Crippen LogP contribution is 2.28. The van der Waals surface area contributed by atoms with Crippen LogP contribution in [0.5, 0.6) is 5.75 Å². The summed E-state index contributed by atoms with van der Waals surface area (Å²) in [5.41, 5.74) is 0.852. The first-order valence-electron chi connectivity index (χ1n) is 6.53. The van der Waals surface area contributed by atoms with Gasteiger partial charge in [0.15, 0.2) is 0 Å². The molecule has 0 spiro atoms. The lowest BCUT2D eigenvalue weighted by Gasteiger charge is -2.07. The van der Waals surface area contributed by atoms with Gasteiger partial charge in [-0.3, -0.25) is 0 Å². The average Bonchev–Trinajstić information content (AvgIpc) is 2.91. The Bertz CT molecular complexity index is 521. The van der Waals surface area contributed by atoms with Crippen molar-refractivity contribution in [2.45, 2.75) is 26.3 Å². The van der Waals surface area contributed by atoms with Crippen LogP contribution in [0.2, 0.25) is 0 Å². The Balaban J connectivity index is 2.32. The molecule has 0 radical (unpaired) electrons. The van der Waals surface area contributed by atoms with E-state index in [1.807, 2.05) is 38.2 Å². The monoisotopic (exact) mass is 261 g/mol. The van der Waals surface area contributed by atoms with Crippen LogP contribution >= 0.6 is 0 Å². The maximum Gasteiger partial charge on any atom is 0.244 e. The van der Waals surface area contributed by atoms with Crippen LogP contribution in [-0.2, 0) is 0 Å². The summed E-state index contributed by atoms with van der Waals surface area (Å²) in [6, 6.07) is 7.78. The normalized spacial score (nSPS) is 12.4. The lowest BCUT2D eigenvalue weighted by Crippen LogP contribution is -2.15. The minimum Gasteiger partial charge on any atom is -0.493 e. The molecule has 1 aromatic heterocycles. The summed E-state index contributed by atoms with van der Waals surface area (Å²) >= 11 is 0. The van der Waals surface area contributed by atoms with Gasteiger partial charge in [-0.1, -0.05) is 24.2 Å². The van der Waals surface area contributed by atoms with E-state index in [0.29, 0.717) is 18.3 Å². The first-order valence-corrected chi connectivity index (χ1v) is 6.53. The average molecular weight is 261 g/mol. The van der Waals surface area contributed by atoms with Gasteiger partial charge in [0, 0.05) is 0 Å². The zero-order chi connectivity index (χ0) is 13.7. The standard InChI is InChI=1S/C14H19N3O2/c1-4-11(15-3)14-16-13(17-19-14)10-8-6-7-9-12(10)18-5-2/h6-9,11,15H,4-5H2,1-3H3. The van der Waals surface area contributed by atoms with E-state index in [4.69, 9.17) is 9.26 Å². The molecule has 0 bridgehead atoms. The summed E-state index contributed by atoms with van der Waals surface area (Å²) in [5.74, 6) is 1.94. The van der Waals surface area contributed by atoms with Crippen molar-refractivity contribution in [3.63, 3.8) is 0 Å². The van der Waals surface area contributed by atoms with E-state index in [1.165, 1.54) is 0 Å². The zero-order valence-corrected chi connectivity index (χ0v) is 11.5. The van der Waals surface area contributed by atoms with Gasteiger partial charge < -0.3 is 14.6 Å². The fourth-order valence-electron chi connectivity index (χ4n) is 1.92. The number of benzene rings is 1. The Morgan fingerprint density at radius 1 is 1.32 bits per heavy atom. The molecule has 0 amide bonds. The predicted molar refractivity (Wildman–Crippen MR) is 73.0 cm³/mol. The second kappa shape index (κ2) is 6.33. The maximum atomic E-state index is 5.58. The molecule has 1 aromatic carbocycles. The fraction of sp³-hybridized carbons (Fsp3) is 0.429. The van der Waals surface area contributed by atoms with Gasteiger partial charge in [0.1, 0.15) is 5.75 Å². The second-order valence-electron chi connectivity index (χ2n) is 4.13. The van der Waals surface area contributed by atoms with Crippen LogP contribution in [0.1, 0.15) is 32.2 Å². The molecule has 5 heteroatoms. The zero-order valence-electron chi connectivity index (χ0n) is 11.5. The van der Waals surface area contributed by atoms with E-state index in [9.17, 15) is 0 Å². The topological polar surface area (TPSA) is 60.2 Å². The molecule has 0 aliphatic rings. The Labute approximate surface area is 113 Å². The van der Waals surface area contributed by atoms with Crippen LogP contribution in [0.25, 0.3) is 11.4 Å². The fourth-order valence-corrected chi connectivity index (χ4v) is 1.92. The Morgan fingerprint density at radius 3 is 2.79 bits per heavy atom. The number of aromatic nitrogens is 2. The highest BCUT2D eigenvalue weighted by atomic mass is 16.5. The lowest BCUT2D eigenvalue weighted by molar-refractivity contribution is 0.332. The van der Waals surface area contributed by atoms with Gasteiger partial charge in [0.2, 0.25) is 11.7 Å². The number of para-hydroxylation sites is 1. The summed E-state index contributed by atoms with van der Waals surface area (Å²) in [7, 11) is 1.88. The van der Waals surface area contributed by atoms with E-state index in [1.54, 1.807) is 0 Å². The van der Waals surface area contributed by atoms with Crippen LogP contribution in [-0.4, -0.2) is 23.8 Å². The van der Waals surface area contributed by atoms with Gasteiger partial charge in [0.25, 0.3) is 0 Å². The van der Waals surface area contributed by atoms with Crippen molar-refractivity contribution in [3.8, 4) is 17.1 Å². The third-order valence-corrected chi connectivity index (χ3v) is 2.92. The number of nitrogens with zero attached hydrogens (tertiary/aromatic N) is 2. The van der Waals surface area contributed by atoms with E-state index < -0.39 is 0 Å². The molecule has 0 fully saturated rings. The molecular weight excluding hydrogens is 242 g/mol. The van der Waals surface area contributed by atoms with Gasteiger partial charge >= 0.3 is 0 Å². The molecule has 0 aliphatic carbocycles. The highest BCUT2D eigenvalue weighted by molar-refractivity contribution is 5.63. The van der Waals surface area contributed by atoms with Crippen LogP contribution in [0.15, 0.2) is 28.8 Å². The number of hydrogen-bond acceptors (Lipinski definition) is 5. The van der Waals surface area contributed by atoms with Crippen LogP contribution in [0, 0.1) is 0 Å².